The Labute approximate surface area is 157 Å². The number of likely N-dealkylation sites (tertiary alicyclic amines) is 1. The van der Waals surface area contributed by atoms with Gasteiger partial charge >= 0.3 is 0 Å². The molecule has 0 spiro atoms. The fourth-order valence-electron chi connectivity index (χ4n) is 2.99. The molecule has 1 saturated heterocycles. The van der Waals surface area contributed by atoms with Gasteiger partial charge in [-0.15, -0.1) is 0 Å². The first-order valence-electron chi connectivity index (χ1n) is 8.83. The number of nitrogens with zero attached hydrogens (tertiary/aromatic N) is 4. The Morgan fingerprint density at radius 2 is 1.96 bits per heavy atom. The molecule has 0 radical (unpaired) electrons. The maximum absolute atomic E-state index is 12.9. The topological polar surface area (TPSA) is 70.5 Å². The summed E-state index contributed by atoms with van der Waals surface area (Å²) in [6.45, 7) is 3.55. The van der Waals surface area contributed by atoms with Crippen molar-refractivity contribution in [2.24, 2.45) is 13.0 Å². The summed E-state index contributed by atoms with van der Waals surface area (Å²) in [5.41, 5.74) is 2.53. The summed E-state index contributed by atoms with van der Waals surface area (Å²) in [5.74, 6) is -0.573. The van der Waals surface area contributed by atoms with Crippen molar-refractivity contribution in [1.82, 2.24) is 19.6 Å². The summed E-state index contributed by atoms with van der Waals surface area (Å²) in [5, 5.41) is 6.97. The molecular weight excluding hydrogens is 349 g/mol. The van der Waals surface area contributed by atoms with Crippen LogP contribution in [0.4, 0.5) is 10.1 Å². The average molecular weight is 373 g/mol. The SMILES string of the molecule is Cc1c(NC(=O)C2CN(C(=O)CN(C)Cc3ccc(F)cc3)C2)cnn1C. The molecule has 1 aromatic carbocycles. The van der Waals surface area contributed by atoms with Crippen LogP contribution in [0.1, 0.15) is 11.3 Å². The van der Waals surface area contributed by atoms with E-state index in [2.05, 4.69) is 10.4 Å². The van der Waals surface area contributed by atoms with E-state index in [9.17, 15) is 14.0 Å². The summed E-state index contributed by atoms with van der Waals surface area (Å²) in [6.07, 6.45) is 1.62. The highest BCUT2D eigenvalue weighted by atomic mass is 19.1. The van der Waals surface area contributed by atoms with Crippen LogP contribution in [0.2, 0.25) is 0 Å². The van der Waals surface area contributed by atoms with E-state index in [4.69, 9.17) is 0 Å². The van der Waals surface area contributed by atoms with Gasteiger partial charge in [-0.25, -0.2) is 4.39 Å². The third-order valence-corrected chi connectivity index (χ3v) is 4.87. The van der Waals surface area contributed by atoms with Gasteiger partial charge in [0.1, 0.15) is 5.82 Å². The van der Waals surface area contributed by atoms with Gasteiger partial charge in [-0.1, -0.05) is 12.1 Å². The summed E-state index contributed by atoms with van der Waals surface area (Å²) in [7, 11) is 3.66. The first kappa shape index (κ1) is 19.0. The molecule has 7 nitrogen and oxygen atoms in total. The number of halogens is 1. The lowest BCUT2D eigenvalue weighted by molar-refractivity contribution is -0.142. The molecule has 1 aliphatic rings. The molecule has 2 heterocycles. The van der Waals surface area contributed by atoms with Gasteiger partial charge in [0.25, 0.3) is 0 Å². The van der Waals surface area contributed by atoms with Crippen LogP contribution in [0.25, 0.3) is 0 Å². The largest absolute Gasteiger partial charge is 0.340 e. The summed E-state index contributed by atoms with van der Waals surface area (Å²) < 4.78 is 14.6. The molecule has 8 heteroatoms. The first-order chi connectivity index (χ1) is 12.8. The Morgan fingerprint density at radius 1 is 1.30 bits per heavy atom. The average Bonchev–Trinajstić information content (AvgIpc) is 2.87. The van der Waals surface area contributed by atoms with Crippen LogP contribution in [-0.4, -0.2) is 58.1 Å². The number of likely N-dealkylation sites (N-methyl/N-ethyl adjacent to an activating group) is 1. The smallest absolute Gasteiger partial charge is 0.236 e. The third kappa shape index (κ3) is 4.51. The molecule has 2 amide bonds. The minimum Gasteiger partial charge on any atom is -0.340 e. The number of amides is 2. The summed E-state index contributed by atoms with van der Waals surface area (Å²) in [4.78, 5) is 28.2. The van der Waals surface area contributed by atoms with Crippen LogP contribution in [0.3, 0.4) is 0 Å². The van der Waals surface area contributed by atoms with Crippen LogP contribution in [0, 0.1) is 18.7 Å². The molecule has 27 heavy (non-hydrogen) atoms. The van der Waals surface area contributed by atoms with Gasteiger partial charge in [0.05, 0.1) is 30.0 Å². The van der Waals surface area contributed by atoms with Crippen molar-refractivity contribution < 1.29 is 14.0 Å². The monoisotopic (exact) mass is 373 g/mol. The number of anilines is 1. The number of hydrogen-bond acceptors (Lipinski definition) is 4. The van der Waals surface area contributed by atoms with E-state index >= 15 is 0 Å². The van der Waals surface area contributed by atoms with Crippen molar-refractivity contribution >= 4 is 17.5 Å². The molecule has 1 N–H and O–H groups in total. The van der Waals surface area contributed by atoms with E-state index in [1.807, 2.05) is 25.9 Å². The number of carbonyl (C=O) groups excluding carboxylic acids is 2. The molecule has 1 aliphatic heterocycles. The molecule has 0 saturated carbocycles. The van der Waals surface area contributed by atoms with Crippen molar-refractivity contribution in [2.45, 2.75) is 13.5 Å². The number of benzene rings is 1. The molecule has 0 unspecified atom stereocenters. The van der Waals surface area contributed by atoms with Gasteiger partial charge in [0, 0.05) is 26.7 Å². The zero-order valence-corrected chi connectivity index (χ0v) is 15.8. The van der Waals surface area contributed by atoms with Crippen LogP contribution < -0.4 is 5.32 Å². The highest BCUT2D eigenvalue weighted by Crippen LogP contribution is 2.20. The highest BCUT2D eigenvalue weighted by molar-refractivity contribution is 5.95. The highest BCUT2D eigenvalue weighted by Gasteiger charge is 2.36. The van der Waals surface area contributed by atoms with E-state index in [0.717, 1.165) is 11.3 Å². The molecule has 144 valence electrons. The Hall–Kier alpha value is -2.74. The molecule has 1 fully saturated rings. The zero-order valence-electron chi connectivity index (χ0n) is 15.8. The molecule has 3 rings (SSSR count). The predicted octanol–water partition coefficient (Wildman–Crippen LogP) is 1.40. The second-order valence-corrected chi connectivity index (χ2v) is 7.05. The minimum atomic E-state index is -0.274. The second kappa shape index (κ2) is 7.87. The van der Waals surface area contributed by atoms with Crippen molar-refractivity contribution in [3.63, 3.8) is 0 Å². The van der Waals surface area contributed by atoms with Crippen molar-refractivity contribution in [3.8, 4) is 0 Å². The first-order valence-corrected chi connectivity index (χ1v) is 8.83. The lowest BCUT2D eigenvalue weighted by Crippen LogP contribution is -2.56. The molecule has 0 atom stereocenters. The molecule has 1 aromatic heterocycles. The number of nitrogens with one attached hydrogen (secondary N) is 1. The van der Waals surface area contributed by atoms with Crippen LogP contribution in [0.15, 0.2) is 30.5 Å². The normalized spacial score (nSPS) is 14.3. The Morgan fingerprint density at radius 3 is 2.56 bits per heavy atom. The molecule has 0 aliphatic carbocycles. The van der Waals surface area contributed by atoms with Crippen molar-refractivity contribution in [2.75, 3.05) is 32.0 Å². The summed E-state index contributed by atoms with van der Waals surface area (Å²) >= 11 is 0. The molecule has 0 bridgehead atoms. The van der Waals surface area contributed by atoms with E-state index in [1.54, 1.807) is 27.9 Å². The van der Waals surface area contributed by atoms with Gasteiger partial charge in [-0.05, 0) is 31.7 Å². The van der Waals surface area contributed by atoms with E-state index in [0.29, 0.717) is 25.3 Å². The van der Waals surface area contributed by atoms with E-state index in [-0.39, 0.29) is 30.1 Å². The fraction of sp³-hybridized carbons (Fsp3) is 0.421. The van der Waals surface area contributed by atoms with Crippen molar-refractivity contribution in [3.05, 3.63) is 47.5 Å². The van der Waals surface area contributed by atoms with Gasteiger partial charge < -0.3 is 10.2 Å². The quantitative estimate of drug-likeness (QED) is 0.831. The van der Waals surface area contributed by atoms with Gasteiger partial charge in [-0.2, -0.15) is 5.10 Å². The lowest BCUT2D eigenvalue weighted by Gasteiger charge is -2.39. The summed E-state index contributed by atoms with van der Waals surface area (Å²) in [6, 6.07) is 6.24. The zero-order chi connectivity index (χ0) is 19.6. The number of carbonyl (C=O) groups is 2. The van der Waals surface area contributed by atoms with Gasteiger partial charge in [0.2, 0.25) is 11.8 Å². The number of aryl methyl sites for hydroxylation is 1. The molecule has 2 aromatic rings. The van der Waals surface area contributed by atoms with Crippen molar-refractivity contribution in [1.29, 1.82) is 0 Å². The second-order valence-electron chi connectivity index (χ2n) is 7.05. The van der Waals surface area contributed by atoms with Gasteiger partial charge in [-0.3, -0.25) is 19.2 Å². The predicted molar refractivity (Wildman–Crippen MR) is 99.4 cm³/mol. The van der Waals surface area contributed by atoms with Crippen LogP contribution in [-0.2, 0) is 23.2 Å². The Kier molecular flexibility index (Phi) is 5.55. The minimum absolute atomic E-state index is 0.0128. The third-order valence-electron chi connectivity index (χ3n) is 4.87. The van der Waals surface area contributed by atoms with Crippen LogP contribution in [0.5, 0.6) is 0 Å². The van der Waals surface area contributed by atoms with E-state index < -0.39 is 0 Å². The Bertz CT molecular complexity index is 827. The number of hydrogen-bond donors (Lipinski definition) is 1. The fourth-order valence-corrected chi connectivity index (χ4v) is 2.99. The van der Waals surface area contributed by atoms with Crippen LogP contribution >= 0.6 is 0 Å². The maximum atomic E-state index is 12.9. The van der Waals surface area contributed by atoms with E-state index in [1.165, 1.54) is 12.1 Å². The Balaban J connectivity index is 1.43. The number of rotatable bonds is 6. The lowest BCUT2D eigenvalue weighted by atomic mass is 9.99. The number of aromatic nitrogens is 2. The molecular formula is C19H24FN5O2. The maximum Gasteiger partial charge on any atom is 0.236 e. The van der Waals surface area contributed by atoms with Gasteiger partial charge in [0.15, 0.2) is 0 Å². The standard InChI is InChI=1S/C19H24FN5O2/c1-13-17(8-21-24(13)3)22-19(27)15-10-25(11-15)18(26)12-23(2)9-14-4-6-16(20)7-5-14/h4-8,15H,9-12H2,1-3H3,(H,22,27).